The van der Waals surface area contributed by atoms with Gasteiger partial charge in [0.2, 0.25) is 0 Å². The van der Waals surface area contributed by atoms with E-state index >= 15 is 0 Å². The molecule has 0 radical (unpaired) electrons. The van der Waals surface area contributed by atoms with Crippen LogP contribution in [-0.4, -0.2) is 32.4 Å². The van der Waals surface area contributed by atoms with Crippen molar-refractivity contribution in [2.45, 2.75) is 6.61 Å². The summed E-state index contributed by atoms with van der Waals surface area (Å²) in [5.41, 5.74) is 3.29. The van der Waals surface area contributed by atoms with Gasteiger partial charge in [0, 0.05) is 5.56 Å². The minimum atomic E-state index is -2.94. The number of methoxy groups -OCH3 is 1. The highest BCUT2D eigenvalue weighted by molar-refractivity contribution is 5.86. The summed E-state index contributed by atoms with van der Waals surface area (Å²) in [5, 5.41) is 6.66. The molecule has 0 aromatic heterocycles. The highest BCUT2D eigenvalue weighted by atomic mass is 19.3. The van der Waals surface area contributed by atoms with Crippen LogP contribution in [0.5, 0.6) is 11.5 Å². The zero-order valence-electron chi connectivity index (χ0n) is 13.4. The van der Waals surface area contributed by atoms with Crippen molar-refractivity contribution in [3.63, 3.8) is 0 Å². The molecular weight excluding hydrogens is 332 g/mol. The standard InChI is InChI=1S/C17H17F2N3O3/c1-24-15-9-5-3-7-13(15)20-11-16(23)22-21-10-12-6-2-4-8-14(12)25-17(18)19/h2-10,17,20H,11H2,1H3,(H,22,23). The lowest BCUT2D eigenvalue weighted by Gasteiger charge is -2.10. The lowest BCUT2D eigenvalue weighted by molar-refractivity contribution is -0.119. The van der Waals surface area contributed by atoms with Gasteiger partial charge in [0.25, 0.3) is 5.91 Å². The third-order valence-electron chi connectivity index (χ3n) is 3.07. The minimum absolute atomic E-state index is 0.0253. The second-order valence-electron chi connectivity index (χ2n) is 4.76. The van der Waals surface area contributed by atoms with E-state index in [-0.39, 0.29) is 12.3 Å². The Morgan fingerprint density at radius 3 is 2.56 bits per heavy atom. The Labute approximate surface area is 143 Å². The molecule has 2 rings (SSSR count). The highest BCUT2D eigenvalue weighted by Crippen LogP contribution is 2.22. The molecule has 0 saturated carbocycles. The number of carbonyl (C=O) groups is 1. The van der Waals surface area contributed by atoms with E-state index in [1.165, 1.54) is 19.4 Å². The van der Waals surface area contributed by atoms with E-state index in [0.29, 0.717) is 17.0 Å². The van der Waals surface area contributed by atoms with Crippen LogP contribution in [0.2, 0.25) is 0 Å². The van der Waals surface area contributed by atoms with E-state index in [4.69, 9.17) is 4.74 Å². The summed E-state index contributed by atoms with van der Waals surface area (Å²) in [7, 11) is 1.53. The quantitative estimate of drug-likeness (QED) is 0.568. The van der Waals surface area contributed by atoms with E-state index in [2.05, 4.69) is 20.6 Å². The average Bonchev–Trinajstić information content (AvgIpc) is 2.61. The molecule has 0 saturated heterocycles. The molecule has 25 heavy (non-hydrogen) atoms. The van der Waals surface area contributed by atoms with Crippen molar-refractivity contribution in [2.75, 3.05) is 19.0 Å². The molecule has 2 aromatic carbocycles. The number of para-hydroxylation sites is 3. The van der Waals surface area contributed by atoms with Gasteiger partial charge in [-0.1, -0.05) is 24.3 Å². The predicted molar refractivity (Wildman–Crippen MR) is 90.3 cm³/mol. The van der Waals surface area contributed by atoms with Crippen LogP contribution in [-0.2, 0) is 4.79 Å². The van der Waals surface area contributed by atoms with E-state index in [9.17, 15) is 13.6 Å². The molecule has 0 unspecified atom stereocenters. The largest absolute Gasteiger partial charge is 0.495 e. The number of rotatable bonds is 8. The second kappa shape index (κ2) is 9.21. The molecule has 0 bridgehead atoms. The Morgan fingerprint density at radius 1 is 1.16 bits per heavy atom. The molecule has 0 aliphatic heterocycles. The van der Waals surface area contributed by atoms with Gasteiger partial charge in [-0.15, -0.1) is 0 Å². The summed E-state index contributed by atoms with van der Waals surface area (Å²) in [6, 6.07) is 13.3. The van der Waals surface area contributed by atoms with Crippen LogP contribution < -0.4 is 20.2 Å². The van der Waals surface area contributed by atoms with E-state index in [1.807, 2.05) is 6.07 Å². The summed E-state index contributed by atoms with van der Waals surface area (Å²) in [5.74, 6) is 0.175. The van der Waals surface area contributed by atoms with Crippen LogP contribution in [0.15, 0.2) is 53.6 Å². The Hall–Kier alpha value is -3.16. The smallest absolute Gasteiger partial charge is 0.387 e. The molecule has 2 N–H and O–H groups in total. The van der Waals surface area contributed by atoms with Gasteiger partial charge >= 0.3 is 6.61 Å². The molecule has 0 heterocycles. The first kappa shape index (κ1) is 18.2. The number of nitrogens with zero attached hydrogens (tertiary/aromatic N) is 1. The topological polar surface area (TPSA) is 72.0 Å². The highest BCUT2D eigenvalue weighted by Gasteiger charge is 2.08. The first-order valence-electron chi connectivity index (χ1n) is 7.33. The molecule has 6 nitrogen and oxygen atoms in total. The molecular formula is C17H17F2N3O3. The monoisotopic (exact) mass is 349 g/mol. The summed E-state index contributed by atoms with van der Waals surface area (Å²) < 4.78 is 34.2. The zero-order chi connectivity index (χ0) is 18.1. The Bertz CT molecular complexity index is 739. The molecule has 0 aliphatic rings. The van der Waals surface area contributed by atoms with Crippen molar-refractivity contribution in [1.29, 1.82) is 0 Å². The summed E-state index contributed by atoms with van der Waals surface area (Å²) in [6.07, 6.45) is 1.23. The lowest BCUT2D eigenvalue weighted by atomic mass is 10.2. The molecule has 0 fully saturated rings. The first-order chi connectivity index (χ1) is 12.1. The van der Waals surface area contributed by atoms with Gasteiger partial charge in [-0.3, -0.25) is 4.79 Å². The number of ether oxygens (including phenoxy) is 2. The molecule has 0 atom stereocenters. The normalized spacial score (nSPS) is 10.7. The van der Waals surface area contributed by atoms with Crippen molar-refractivity contribution in [2.24, 2.45) is 5.10 Å². The number of nitrogens with one attached hydrogen (secondary N) is 2. The number of hydrazone groups is 1. The fourth-order valence-corrected chi connectivity index (χ4v) is 1.97. The average molecular weight is 349 g/mol. The molecule has 2 aromatic rings. The third-order valence-corrected chi connectivity index (χ3v) is 3.07. The Kier molecular flexibility index (Phi) is 6.70. The Balaban J connectivity index is 1.89. The van der Waals surface area contributed by atoms with Crippen LogP contribution >= 0.6 is 0 Å². The number of alkyl halides is 2. The van der Waals surface area contributed by atoms with E-state index in [0.717, 1.165) is 0 Å². The number of halogens is 2. The first-order valence-corrected chi connectivity index (χ1v) is 7.33. The van der Waals surface area contributed by atoms with Gasteiger partial charge in [0.1, 0.15) is 11.5 Å². The number of carbonyl (C=O) groups excluding carboxylic acids is 1. The number of benzene rings is 2. The molecule has 0 spiro atoms. The van der Waals surface area contributed by atoms with Gasteiger partial charge in [-0.05, 0) is 24.3 Å². The van der Waals surface area contributed by atoms with Gasteiger partial charge in [-0.25, -0.2) is 5.43 Å². The maximum absolute atomic E-state index is 12.3. The van der Waals surface area contributed by atoms with Crippen LogP contribution in [0.1, 0.15) is 5.56 Å². The number of anilines is 1. The van der Waals surface area contributed by atoms with Crippen LogP contribution in [0, 0.1) is 0 Å². The SMILES string of the molecule is COc1ccccc1NCC(=O)NN=Cc1ccccc1OC(F)F. The number of hydrogen-bond donors (Lipinski definition) is 2. The van der Waals surface area contributed by atoms with Gasteiger partial charge < -0.3 is 14.8 Å². The predicted octanol–water partition coefficient (Wildman–Crippen LogP) is 2.86. The Morgan fingerprint density at radius 2 is 1.84 bits per heavy atom. The van der Waals surface area contributed by atoms with Crippen molar-refractivity contribution in [1.82, 2.24) is 5.43 Å². The molecule has 132 valence electrons. The molecule has 8 heteroatoms. The third kappa shape index (κ3) is 5.76. The minimum Gasteiger partial charge on any atom is -0.495 e. The fourth-order valence-electron chi connectivity index (χ4n) is 1.97. The number of hydrogen-bond acceptors (Lipinski definition) is 5. The summed E-state index contributed by atoms with van der Waals surface area (Å²) >= 11 is 0. The molecule has 1 amide bonds. The summed E-state index contributed by atoms with van der Waals surface area (Å²) in [6.45, 7) is -2.97. The summed E-state index contributed by atoms with van der Waals surface area (Å²) in [4.78, 5) is 11.8. The fraction of sp³-hybridized carbons (Fsp3) is 0.176. The van der Waals surface area contributed by atoms with Crippen molar-refractivity contribution in [3.8, 4) is 11.5 Å². The van der Waals surface area contributed by atoms with Crippen molar-refractivity contribution in [3.05, 3.63) is 54.1 Å². The number of amides is 1. The van der Waals surface area contributed by atoms with Gasteiger partial charge in [0.05, 0.1) is 25.6 Å². The van der Waals surface area contributed by atoms with Crippen LogP contribution in [0.3, 0.4) is 0 Å². The van der Waals surface area contributed by atoms with Crippen molar-refractivity contribution < 1.29 is 23.0 Å². The van der Waals surface area contributed by atoms with Gasteiger partial charge in [-0.2, -0.15) is 13.9 Å². The van der Waals surface area contributed by atoms with Crippen molar-refractivity contribution >= 4 is 17.8 Å². The molecule has 0 aliphatic carbocycles. The van der Waals surface area contributed by atoms with Crippen LogP contribution in [0.4, 0.5) is 14.5 Å². The maximum Gasteiger partial charge on any atom is 0.387 e. The van der Waals surface area contributed by atoms with E-state index in [1.54, 1.807) is 36.4 Å². The lowest BCUT2D eigenvalue weighted by Crippen LogP contribution is -2.26. The second-order valence-corrected chi connectivity index (χ2v) is 4.76. The van der Waals surface area contributed by atoms with E-state index < -0.39 is 12.5 Å². The van der Waals surface area contributed by atoms with Gasteiger partial charge in [0.15, 0.2) is 0 Å². The zero-order valence-corrected chi connectivity index (χ0v) is 13.4. The maximum atomic E-state index is 12.3. The van der Waals surface area contributed by atoms with Crippen LogP contribution in [0.25, 0.3) is 0 Å².